The van der Waals surface area contributed by atoms with Crippen LogP contribution in [0.3, 0.4) is 0 Å². The van der Waals surface area contributed by atoms with Gasteiger partial charge in [0.05, 0.1) is 10.8 Å². The lowest BCUT2D eigenvalue weighted by molar-refractivity contribution is -0.127. The monoisotopic (exact) mass is 543 g/mol. The predicted molar refractivity (Wildman–Crippen MR) is 145 cm³/mol. The summed E-state index contributed by atoms with van der Waals surface area (Å²) in [7, 11) is -3.71. The fourth-order valence-electron chi connectivity index (χ4n) is 5.28. The topological polar surface area (TPSA) is 95.6 Å². The van der Waals surface area contributed by atoms with Crippen molar-refractivity contribution in [1.82, 2.24) is 14.9 Å². The van der Waals surface area contributed by atoms with E-state index in [-0.39, 0.29) is 40.8 Å². The van der Waals surface area contributed by atoms with E-state index in [0.717, 1.165) is 31.2 Å². The zero-order valence-electron chi connectivity index (χ0n) is 22.4. The van der Waals surface area contributed by atoms with Crippen LogP contribution < -0.4 is 10.6 Å². The van der Waals surface area contributed by atoms with E-state index in [1.54, 1.807) is 12.1 Å². The first kappa shape index (κ1) is 28.2. The van der Waals surface area contributed by atoms with Gasteiger partial charge >= 0.3 is 0 Å². The van der Waals surface area contributed by atoms with Crippen LogP contribution in [0.4, 0.5) is 4.39 Å². The molecule has 2 aromatic rings. The van der Waals surface area contributed by atoms with Crippen LogP contribution in [0.25, 0.3) is 0 Å². The summed E-state index contributed by atoms with van der Waals surface area (Å²) < 4.78 is 41.4. The van der Waals surface area contributed by atoms with Crippen LogP contribution in [0.1, 0.15) is 75.2 Å². The molecule has 0 spiro atoms. The average molecular weight is 544 g/mol. The second-order valence-corrected chi connectivity index (χ2v) is 13.4. The van der Waals surface area contributed by atoms with Crippen LogP contribution in [0, 0.1) is 11.7 Å². The zero-order valence-corrected chi connectivity index (χ0v) is 23.2. The third-order valence-corrected chi connectivity index (χ3v) is 9.51. The van der Waals surface area contributed by atoms with Crippen molar-refractivity contribution in [2.24, 2.45) is 5.92 Å². The minimum atomic E-state index is -3.71. The highest BCUT2D eigenvalue weighted by Crippen LogP contribution is 2.28. The molecule has 4 rings (SSSR count). The Kier molecular flexibility index (Phi) is 8.57. The second kappa shape index (κ2) is 11.5. The molecule has 2 amide bonds. The Bertz CT molecular complexity index is 1240. The first-order valence-corrected chi connectivity index (χ1v) is 14.9. The molecule has 3 atom stereocenters. The summed E-state index contributed by atoms with van der Waals surface area (Å²) in [5.41, 5.74) is 1.35. The van der Waals surface area contributed by atoms with Crippen molar-refractivity contribution in [3.05, 3.63) is 65.5 Å². The molecule has 7 nitrogen and oxygen atoms in total. The summed E-state index contributed by atoms with van der Waals surface area (Å²) in [6, 6.07) is 11.9. The van der Waals surface area contributed by atoms with Crippen LogP contribution in [0.2, 0.25) is 0 Å². The fraction of sp³-hybridized carbons (Fsp3) is 0.517. The quantitative estimate of drug-likeness (QED) is 0.565. The number of sulfonamides is 1. The Labute approximate surface area is 225 Å². The number of benzene rings is 2. The van der Waals surface area contributed by atoms with Crippen molar-refractivity contribution in [2.75, 3.05) is 13.1 Å². The molecule has 2 aliphatic rings. The molecular formula is C29H38FN3O4S. The normalized spacial score (nSPS) is 23.0. The molecule has 1 aliphatic heterocycles. The molecule has 0 aromatic heterocycles. The van der Waals surface area contributed by atoms with E-state index in [9.17, 15) is 22.4 Å². The summed E-state index contributed by atoms with van der Waals surface area (Å²) in [4.78, 5) is 26.2. The average Bonchev–Trinajstić information content (AvgIpc) is 2.90. The highest BCUT2D eigenvalue weighted by molar-refractivity contribution is 7.89. The van der Waals surface area contributed by atoms with Crippen LogP contribution >= 0.6 is 0 Å². The number of nitrogens with one attached hydrogen (secondary N) is 2. The van der Waals surface area contributed by atoms with Crippen molar-refractivity contribution in [2.45, 2.75) is 81.7 Å². The van der Waals surface area contributed by atoms with Crippen molar-refractivity contribution in [3.63, 3.8) is 0 Å². The van der Waals surface area contributed by atoms with E-state index in [4.69, 9.17) is 0 Å². The molecule has 206 valence electrons. The molecule has 1 unspecified atom stereocenters. The van der Waals surface area contributed by atoms with Crippen molar-refractivity contribution in [3.8, 4) is 0 Å². The van der Waals surface area contributed by atoms with Crippen molar-refractivity contribution >= 4 is 21.8 Å². The van der Waals surface area contributed by atoms with Crippen LogP contribution in [-0.4, -0.2) is 49.7 Å². The molecule has 2 aromatic carbocycles. The summed E-state index contributed by atoms with van der Waals surface area (Å²) >= 11 is 0. The van der Waals surface area contributed by atoms with Gasteiger partial charge in [0, 0.05) is 30.7 Å². The third-order valence-electron chi connectivity index (χ3n) is 7.63. The summed E-state index contributed by atoms with van der Waals surface area (Å²) in [5.74, 6) is -1.35. The Morgan fingerprint density at radius 2 is 1.47 bits per heavy atom. The van der Waals surface area contributed by atoms with Gasteiger partial charge in [-0.3, -0.25) is 9.59 Å². The molecule has 1 aliphatic carbocycles. The molecule has 2 N–H and O–H groups in total. The van der Waals surface area contributed by atoms with Crippen molar-refractivity contribution in [1.29, 1.82) is 0 Å². The molecular weight excluding hydrogens is 505 g/mol. The summed E-state index contributed by atoms with van der Waals surface area (Å²) in [6.07, 6.45) is 4.54. The number of carbonyl (C=O) groups excluding carboxylic acids is 2. The van der Waals surface area contributed by atoms with Crippen molar-refractivity contribution < 1.29 is 22.4 Å². The molecule has 0 bridgehead atoms. The first-order chi connectivity index (χ1) is 17.9. The van der Waals surface area contributed by atoms with Gasteiger partial charge in [-0.15, -0.1) is 0 Å². The van der Waals surface area contributed by atoms with Crippen LogP contribution in [0.15, 0.2) is 53.4 Å². The molecule has 1 saturated heterocycles. The van der Waals surface area contributed by atoms with Gasteiger partial charge < -0.3 is 10.6 Å². The molecule has 9 heteroatoms. The second-order valence-electron chi connectivity index (χ2n) is 11.5. The fourth-order valence-corrected chi connectivity index (χ4v) is 6.80. The van der Waals surface area contributed by atoms with Gasteiger partial charge in [-0.05, 0) is 73.1 Å². The molecule has 1 heterocycles. The number of piperidine rings is 1. The Hall–Kier alpha value is -2.78. The van der Waals surface area contributed by atoms with Gasteiger partial charge in [-0.2, -0.15) is 4.31 Å². The predicted octanol–water partition coefficient (Wildman–Crippen LogP) is 4.38. The Balaban J connectivity index is 1.39. The largest absolute Gasteiger partial charge is 0.351 e. The SMILES string of the molecule is CC(C)(C)c1ccc(S(=O)(=O)N2CCCC(C(=O)N[C@@H]3CCCC[C@H]3NC(=O)c3ccc(F)cc3)C2)cc1. The third kappa shape index (κ3) is 6.61. The van der Waals surface area contributed by atoms with Gasteiger partial charge in [-0.25, -0.2) is 12.8 Å². The Morgan fingerprint density at radius 1 is 0.868 bits per heavy atom. The lowest BCUT2D eigenvalue weighted by atomic mass is 9.87. The summed E-state index contributed by atoms with van der Waals surface area (Å²) in [6.45, 7) is 6.75. The zero-order chi connectivity index (χ0) is 27.5. The van der Waals surface area contributed by atoms with E-state index in [1.165, 1.54) is 28.6 Å². The number of amides is 2. The number of hydrogen-bond donors (Lipinski definition) is 2. The molecule has 38 heavy (non-hydrogen) atoms. The van der Waals surface area contributed by atoms with Gasteiger partial charge in [0.15, 0.2) is 0 Å². The maximum absolute atomic E-state index is 13.4. The van der Waals surface area contributed by atoms with Gasteiger partial charge in [-0.1, -0.05) is 45.7 Å². The molecule has 1 saturated carbocycles. The molecule has 0 radical (unpaired) electrons. The minimum Gasteiger partial charge on any atom is -0.351 e. The number of rotatable bonds is 6. The van der Waals surface area contributed by atoms with E-state index in [2.05, 4.69) is 31.4 Å². The van der Waals surface area contributed by atoms with E-state index < -0.39 is 21.8 Å². The number of carbonyl (C=O) groups is 2. The minimum absolute atomic E-state index is 0.0773. The van der Waals surface area contributed by atoms with E-state index in [1.807, 2.05) is 12.1 Å². The first-order valence-electron chi connectivity index (χ1n) is 13.4. The lowest BCUT2D eigenvalue weighted by Gasteiger charge is -2.36. The smallest absolute Gasteiger partial charge is 0.251 e. The highest BCUT2D eigenvalue weighted by atomic mass is 32.2. The van der Waals surface area contributed by atoms with Crippen LogP contribution in [0.5, 0.6) is 0 Å². The maximum atomic E-state index is 13.4. The van der Waals surface area contributed by atoms with Gasteiger partial charge in [0.25, 0.3) is 5.91 Å². The molecule has 2 fully saturated rings. The van der Waals surface area contributed by atoms with Gasteiger partial charge in [0.2, 0.25) is 15.9 Å². The maximum Gasteiger partial charge on any atom is 0.251 e. The summed E-state index contributed by atoms with van der Waals surface area (Å²) in [5, 5.41) is 6.11. The standard InChI is InChI=1S/C29H38FN3O4S/c1-29(2,3)22-12-16-24(17-13-22)38(36,37)33-18-6-7-21(19-33)28(35)32-26-9-5-4-8-25(26)31-27(34)20-10-14-23(30)15-11-20/h10-17,21,25-26H,4-9,18-19H2,1-3H3,(H,31,34)(H,32,35)/t21?,25-,26-/m1/s1. The van der Waals surface area contributed by atoms with E-state index >= 15 is 0 Å². The number of halogens is 1. The van der Waals surface area contributed by atoms with E-state index in [0.29, 0.717) is 24.9 Å². The Morgan fingerprint density at radius 3 is 2.08 bits per heavy atom. The number of hydrogen-bond acceptors (Lipinski definition) is 4. The van der Waals surface area contributed by atoms with Crippen LogP contribution in [-0.2, 0) is 20.2 Å². The number of nitrogens with zero attached hydrogens (tertiary/aromatic N) is 1. The van der Waals surface area contributed by atoms with Gasteiger partial charge in [0.1, 0.15) is 5.82 Å². The highest BCUT2D eigenvalue weighted by Gasteiger charge is 2.36. The lowest BCUT2D eigenvalue weighted by Crippen LogP contribution is -2.55.